The van der Waals surface area contributed by atoms with Crippen molar-refractivity contribution in [2.75, 3.05) is 10.7 Å². The quantitative estimate of drug-likeness (QED) is 0.365. The van der Waals surface area contributed by atoms with E-state index >= 15 is 0 Å². The van der Waals surface area contributed by atoms with Gasteiger partial charge in [-0.15, -0.1) is 11.8 Å². The number of fused-ring (bicyclic) bond motifs is 1. The number of hydrogen-bond donors (Lipinski definition) is 0. The lowest BCUT2D eigenvalue weighted by Crippen LogP contribution is -2.30. The second kappa shape index (κ2) is 8.16. The van der Waals surface area contributed by atoms with E-state index in [0.717, 1.165) is 10.6 Å². The number of amides is 1. The van der Waals surface area contributed by atoms with Crippen LogP contribution in [0.15, 0.2) is 70.2 Å². The number of anilines is 1. The van der Waals surface area contributed by atoms with Crippen LogP contribution in [0, 0.1) is 5.82 Å². The minimum atomic E-state index is -0.323. The maximum absolute atomic E-state index is 13.6. The molecule has 0 unspecified atom stereocenters. The lowest BCUT2D eigenvalue weighted by atomic mass is 10.2. The van der Waals surface area contributed by atoms with E-state index in [2.05, 4.69) is 11.9 Å². The van der Waals surface area contributed by atoms with Crippen molar-refractivity contribution in [3.05, 3.63) is 78.0 Å². The smallest absolute Gasteiger partial charge is 0.260 e. The standard InChI is InChI=1S/C21H17FN2O2S2/c1-2-27-17-7-3-5-14(11-17)20(25)24(13-16-6-4-10-26-16)21-23-18-9-8-15(22)12-19(18)28-21/h3-12H,2,13H2,1H3. The minimum absolute atomic E-state index is 0.172. The molecule has 2 aromatic heterocycles. The minimum Gasteiger partial charge on any atom is -0.467 e. The molecule has 0 spiro atoms. The van der Waals surface area contributed by atoms with Crippen molar-refractivity contribution in [1.82, 2.24) is 4.98 Å². The molecule has 142 valence electrons. The van der Waals surface area contributed by atoms with Gasteiger partial charge in [-0.1, -0.05) is 24.3 Å². The third-order valence-electron chi connectivity index (χ3n) is 4.10. The average molecular weight is 413 g/mol. The third kappa shape index (κ3) is 3.95. The van der Waals surface area contributed by atoms with Crippen molar-refractivity contribution < 1.29 is 13.6 Å². The summed E-state index contributed by atoms with van der Waals surface area (Å²) in [4.78, 5) is 20.5. The molecule has 0 aliphatic carbocycles. The van der Waals surface area contributed by atoms with Gasteiger partial charge in [0.05, 0.1) is 23.0 Å². The summed E-state index contributed by atoms with van der Waals surface area (Å²) in [6, 6.07) is 15.6. The van der Waals surface area contributed by atoms with Crippen LogP contribution < -0.4 is 4.90 Å². The maximum atomic E-state index is 13.6. The Balaban J connectivity index is 1.74. The van der Waals surface area contributed by atoms with Gasteiger partial charge in [0.15, 0.2) is 5.13 Å². The lowest BCUT2D eigenvalue weighted by Gasteiger charge is -2.19. The number of benzene rings is 2. The molecule has 1 amide bonds. The van der Waals surface area contributed by atoms with Crippen LogP contribution in [-0.2, 0) is 6.54 Å². The fraction of sp³-hybridized carbons (Fsp3) is 0.143. The van der Waals surface area contributed by atoms with E-state index in [0.29, 0.717) is 26.7 Å². The Morgan fingerprint density at radius 3 is 2.89 bits per heavy atom. The Bertz CT molecular complexity index is 1110. The Morgan fingerprint density at radius 1 is 1.21 bits per heavy atom. The largest absolute Gasteiger partial charge is 0.467 e. The van der Waals surface area contributed by atoms with E-state index in [9.17, 15) is 9.18 Å². The molecule has 0 N–H and O–H groups in total. The number of hydrogen-bond acceptors (Lipinski definition) is 5. The van der Waals surface area contributed by atoms with Gasteiger partial charge in [-0.25, -0.2) is 9.37 Å². The molecular weight excluding hydrogens is 395 g/mol. The van der Waals surface area contributed by atoms with Crippen LogP contribution in [0.1, 0.15) is 23.0 Å². The first-order valence-electron chi connectivity index (χ1n) is 8.77. The highest BCUT2D eigenvalue weighted by atomic mass is 32.2. The fourth-order valence-corrected chi connectivity index (χ4v) is 4.53. The molecule has 2 aromatic carbocycles. The molecule has 7 heteroatoms. The third-order valence-corrected chi connectivity index (χ3v) is 6.02. The Kier molecular flexibility index (Phi) is 5.45. The maximum Gasteiger partial charge on any atom is 0.260 e. The Morgan fingerprint density at radius 2 is 2.11 bits per heavy atom. The number of thiazole rings is 1. The van der Waals surface area contributed by atoms with Crippen LogP contribution in [0.5, 0.6) is 0 Å². The summed E-state index contributed by atoms with van der Waals surface area (Å²) in [5.41, 5.74) is 1.24. The molecule has 0 aliphatic rings. The molecule has 0 atom stereocenters. The van der Waals surface area contributed by atoms with Crippen LogP contribution in [-0.4, -0.2) is 16.6 Å². The first kappa shape index (κ1) is 18.7. The van der Waals surface area contributed by atoms with E-state index in [1.54, 1.807) is 41.1 Å². The van der Waals surface area contributed by atoms with E-state index < -0.39 is 0 Å². The molecular formula is C21H17FN2O2S2. The van der Waals surface area contributed by atoms with E-state index in [4.69, 9.17) is 4.42 Å². The van der Waals surface area contributed by atoms with Crippen molar-refractivity contribution in [2.45, 2.75) is 18.4 Å². The number of halogens is 1. The van der Waals surface area contributed by atoms with Gasteiger partial charge in [-0.2, -0.15) is 0 Å². The van der Waals surface area contributed by atoms with Crippen molar-refractivity contribution in [2.24, 2.45) is 0 Å². The van der Waals surface area contributed by atoms with Crippen molar-refractivity contribution >= 4 is 44.4 Å². The predicted molar refractivity (Wildman–Crippen MR) is 112 cm³/mol. The summed E-state index contributed by atoms with van der Waals surface area (Å²) in [6.45, 7) is 2.32. The Labute approximate surface area is 170 Å². The van der Waals surface area contributed by atoms with Gasteiger partial charge in [0.25, 0.3) is 5.91 Å². The van der Waals surface area contributed by atoms with Gasteiger partial charge < -0.3 is 4.42 Å². The molecule has 4 aromatic rings. The van der Waals surface area contributed by atoms with E-state index in [1.807, 2.05) is 24.3 Å². The number of aromatic nitrogens is 1. The lowest BCUT2D eigenvalue weighted by molar-refractivity contribution is 0.0983. The van der Waals surface area contributed by atoms with E-state index in [-0.39, 0.29) is 18.3 Å². The molecule has 0 saturated carbocycles. The summed E-state index contributed by atoms with van der Waals surface area (Å²) in [5, 5.41) is 0.510. The summed E-state index contributed by atoms with van der Waals surface area (Å²) in [7, 11) is 0. The number of furan rings is 1. The topological polar surface area (TPSA) is 46.3 Å². The van der Waals surface area contributed by atoms with Crippen molar-refractivity contribution in [3.8, 4) is 0 Å². The van der Waals surface area contributed by atoms with Gasteiger partial charge in [0, 0.05) is 10.5 Å². The van der Waals surface area contributed by atoms with Crippen molar-refractivity contribution in [3.63, 3.8) is 0 Å². The van der Waals surface area contributed by atoms with Crippen LogP contribution >= 0.6 is 23.1 Å². The summed E-state index contributed by atoms with van der Waals surface area (Å²) >= 11 is 2.97. The monoisotopic (exact) mass is 412 g/mol. The summed E-state index contributed by atoms with van der Waals surface area (Å²) in [5.74, 6) is 1.08. The fourth-order valence-electron chi connectivity index (χ4n) is 2.83. The predicted octanol–water partition coefficient (Wildman–Crippen LogP) is 5.99. The Hall–Kier alpha value is -2.64. The first-order valence-corrected chi connectivity index (χ1v) is 10.6. The normalized spacial score (nSPS) is 11.1. The number of carbonyl (C=O) groups excluding carboxylic acids is 1. The van der Waals surface area contributed by atoms with Crippen molar-refractivity contribution in [1.29, 1.82) is 0 Å². The van der Waals surface area contributed by atoms with Crippen LogP contribution in [0.4, 0.5) is 9.52 Å². The molecule has 4 rings (SSSR count). The number of thioether (sulfide) groups is 1. The highest BCUT2D eigenvalue weighted by Gasteiger charge is 2.23. The molecule has 0 bridgehead atoms. The number of rotatable bonds is 6. The second-order valence-corrected chi connectivity index (χ2v) is 8.39. The zero-order valence-corrected chi connectivity index (χ0v) is 16.7. The highest BCUT2D eigenvalue weighted by molar-refractivity contribution is 7.99. The van der Waals surface area contributed by atoms with Crippen LogP contribution in [0.2, 0.25) is 0 Å². The van der Waals surface area contributed by atoms with Gasteiger partial charge in [0.1, 0.15) is 11.6 Å². The van der Waals surface area contributed by atoms with Gasteiger partial charge in [0.2, 0.25) is 0 Å². The molecule has 0 saturated heterocycles. The molecule has 28 heavy (non-hydrogen) atoms. The van der Waals surface area contributed by atoms with Gasteiger partial charge in [-0.3, -0.25) is 9.69 Å². The zero-order chi connectivity index (χ0) is 19.5. The number of nitrogens with zero attached hydrogens (tertiary/aromatic N) is 2. The van der Waals surface area contributed by atoms with Crippen LogP contribution in [0.3, 0.4) is 0 Å². The highest BCUT2D eigenvalue weighted by Crippen LogP contribution is 2.32. The molecule has 0 aliphatic heterocycles. The summed E-state index contributed by atoms with van der Waals surface area (Å²) in [6.07, 6.45) is 1.57. The summed E-state index contributed by atoms with van der Waals surface area (Å²) < 4.78 is 19.7. The van der Waals surface area contributed by atoms with E-state index in [1.165, 1.54) is 23.5 Å². The SMILES string of the molecule is CCSc1cccc(C(=O)N(Cc2ccco2)c2nc3ccc(F)cc3s2)c1. The first-order chi connectivity index (χ1) is 13.6. The molecule has 4 nitrogen and oxygen atoms in total. The van der Waals surface area contributed by atoms with Gasteiger partial charge in [-0.05, 0) is 54.3 Å². The molecule has 2 heterocycles. The average Bonchev–Trinajstić information content (AvgIpc) is 3.35. The zero-order valence-electron chi connectivity index (χ0n) is 15.1. The van der Waals surface area contributed by atoms with Crippen LogP contribution in [0.25, 0.3) is 10.2 Å². The molecule has 0 radical (unpaired) electrons. The number of carbonyl (C=O) groups is 1. The second-order valence-electron chi connectivity index (χ2n) is 6.04. The van der Waals surface area contributed by atoms with Gasteiger partial charge >= 0.3 is 0 Å². The molecule has 0 fully saturated rings.